The first kappa shape index (κ1) is 27.0. The molecule has 198 valence electrons. The van der Waals surface area contributed by atoms with E-state index in [1.165, 1.54) is 0 Å². The first-order chi connectivity index (χ1) is 15.9. The second-order valence-corrected chi connectivity index (χ2v) is 13.2. The highest BCUT2D eigenvalue weighted by molar-refractivity contribution is 5.95. The van der Waals surface area contributed by atoms with E-state index in [9.17, 15) is 35.4 Å². The maximum Gasteiger partial charge on any atom is 0.159 e. The van der Waals surface area contributed by atoms with Gasteiger partial charge in [0.25, 0.3) is 0 Å². The van der Waals surface area contributed by atoms with E-state index >= 15 is 0 Å². The fourth-order valence-corrected chi connectivity index (χ4v) is 8.23. The zero-order valence-corrected chi connectivity index (χ0v) is 21.8. The van der Waals surface area contributed by atoms with Gasteiger partial charge in [-0.1, -0.05) is 20.4 Å². The molecule has 0 aromatic rings. The summed E-state index contributed by atoms with van der Waals surface area (Å²) in [5, 5.41) is 65.9. The second kappa shape index (κ2) is 8.20. The van der Waals surface area contributed by atoms with Gasteiger partial charge in [-0.25, -0.2) is 0 Å². The van der Waals surface area contributed by atoms with E-state index < -0.39 is 57.8 Å². The summed E-state index contributed by atoms with van der Waals surface area (Å²) in [5.41, 5.74) is -4.27. The minimum Gasteiger partial charge on any atom is -0.390 e. The van der Waals surface area contributed by atoms with E-state index in [1.54, 1.807) is 26.8 Å². The van der Waals surface area contributed by atoms with Crippen LogP contribution in [0.2, 0.25) is 0 Å². The predicted molar refractivity (Wildman–Crippen MR) is 131 cm³/mol. The van der Waals surface area contributed by atoms with Crippen molar-refractivity contribution in [3.05, 3.63) is 23.8 Å². The van der Waals surface area contributed by atoms with Gasteiger partial charge in [0, 0.05) is 11.3 Å². The molecule has 4 rings (SSSR count). The van der Waals surface area contributed by atoms with Gasteiger partial charge in [0.2, 0.25) is 0 Å². The number of hydrogen-bond acceptors (Lipinski definition) is 7. The molecule has 0 radical (unpaired) electrons. The molecule has 0 aliphatic heterocycles. The SMILES string of the molecule is C=C(CC(O)C(C)(O)C1CCC2(O)C3=CC(=O)C4CC(O)C(O)CC4(C)C3CCC12C)C(C)(C)O. The van der Waals surface area contributed by atoms with Gasteiger partial charge in [-0.3, -0.25) is 4.79 Å². The largest absolute Gasteiger partial charge is 0.390 e. The molecule has 0 aromatic carbocycles. The zero-order chi connectivity index (χ0) is 26.4. The van der Waals surface area contributed by atoms with Gasteiger partial charge < -0.3 is 30.6 Å². The highest BCUT2D eigenvalue weighted by Gasteiger charge is 2.69. The van der Waals surface area contributed by atoms with E-state index in [-0.39, 0.29) is 24.5 Å². The second-order valence-electron chi connectivity index (χ2n) is 13.2. The third kappa shape index (κ3) is 3.80. The summed E-state index contributed by atoms with van der Waals surface area (Å²) in [5.74, 6) is -1.04. The molecule has 0 saturated heterocycles. The lowest BCUT2D eigenvalue weighted by molar-refractivity contribution is -0.175. The molecule has 0 aromatic heterocycles. The lowest BCUT2D eigenvalue weighted by Gasteiger charge is -2.60. The molecule has 3 fully saturated rings. The van der Waals surface area contributed by atoms with Crippen molar-refractivity contribution in [1.29, 1.82) is 0 Å². The molecule has 6 N–H and O–H groups in total. The van der Waals surface area contributed by atoms with Crippen molar-refractivity contribution in [2.24, 2.45) is 28.6 Å². The van der Waals surface area contributed by atoms with Crippen LogP contribution in [-0.2, 0) is 4.79 Å². The summed E-state index contributed by atoms with van der Waals surface area (Å²) in [6.07, 6.45) is 1.27. The number of fused-ring (bicyclic) bond motifs is 5. The van der Waals surface area contributed by atoms with Crippen LogP contribution in [0.1, 0.15) is 79.6 Å². The number of allylic oxidation sites excluding steroid dienone is 1. The predicted octanol–water partition coefficient (Wildman–Crippen LogP) is 2.02. The minimum atomic E-state index is -1.54. The minimum absolute atomic E-state index is 0.0330. The summed E-state index contributed by atoms with van der Waals surface area (Å²) in [6.45, 7) is 12.6. The number of aliphatic hydroxyl groups is 6. The van der Waals surface area contributed by atoms with Crippen molar-refractivity contribution in [3.8, 4) is 0 Å². The Kier molecular flexibility index (Phi) is 6.32. The van der Waals surface area contributed by atoms with Gasteiger partial charge in [-0.15, -0.1) is 0 Å². The van der Waals surface area contributed by atoms with Gasteiger partial charge in [0.1, 0.15) is 0 Å². The normalized spacial score (nSPS) is 46.1. The number of ketones is 1. The average molecular weight is 493 g/mol. The first-order valence-electron chi connectivity index (χ1n) is 13.0. The van der Waals surface area contributed by atoms with Gasteiger partial charge in [0.15, 0.2) is 5.78 Å². The topological polar surface area (TPSA) is 138 Å². The van der Waals surface area contributed by atoms with Gasteiger partial charge in [-0.2, -0.15) is 0 Å². The Morgan fingerprint density at radius 3 is 2.34 bits per heavy atom. The Morgan fingerprint density at radius 1 is 1.11 bits per heavy atom. The maximum absolute atomic E-state index is 13.3. The molecule has 0 amide bonds. The van der Waals surface area contributed by atoms with Gasteiger partial charge in [-0.05, 0) is 100 Å². The Balaban J connectivity index is 1.67. The number of hydrogen-bond donors (Lipinski definition) is 6. The quantitative estimate of drug-likeness (QED) is 0.323. The van der Waals surface area contributed by atoms with Crippen LogP contribution in [-0.4, -0.2) is 71.5 Å². The first-order valence-corrected chi connectivity index (χ1v) is 13.0. The van der Waals surface area contributed by atoms with Crippen LogP contribution in [0.3, 0.4) is 0 Å². The van der Waals surface area contributed by atoms with Crippen LogP contribution in [0.5, 0.6) is 0 Å². The molecule has 0 bridgehead atoms. The summed E-state index contributed by atoms with van der Waals surface area (Å²) < 4.78 is 0. The number of rotatable bonds is 5. The van der Waals surface area contributed by atoms with Crippen molar-refractivity contribution < 1.29 is 35.4 Å². The molecule has 4 aliphatic carbocycles. The Bertz CT molecular complexity index is 932. The van der Waals surface area contributed by atoms with Gasteiger partial charge in [0.05, 0.1) is 35.1 Å². The monoisotopic (exact) mass is 492 g/mol. The standard InChI is InChI=1S/C28H44O7/c1-15(24(2,3)33)11-23(32)27(6,34)22-8-10-28(35)17-12-19(29)18-13-20(30)21(31)14-25(18,4)16(17)7-9-26(22,28)5/h12,16,18,20-23,30-35H,1,7-11,13-14H2,2-6H3. The molecular weight excluding hydrogens is 448 g/mol. The number of aliphatic hydroxyl groups excluding tert-OH is 3. The van der Waals surface area contributed by atoms with Gasteiger partial charge >= 0.3 is 0 Å². The third-order valence-corrected chi connectivity index (χ3v) is 10.8. The molecule has 3 saturated carbocycles. The third-order valence-electron chi connectivity index (χ3n) is 10.8. The molecule has 10 atom stereocenters. The van der Waals surface area contributed by atoms with Crippen LogP contribution < -0.4 is 0 Å². The molecule has 7 heteroatoms. The molecule has 0 spiro atoms. The summed E-state index contributed by atoms with van der Waals surface area (Å²) in [4.78, 5) is 13.3. The van der Waals surface area contributed by atoms with Crippen molar-refractivity contribution in [2.75, 3.05) is 0 Å². The van der Waals surface area contributed by atoms with Crippen LogP contribution in [0.4, 0.5) is 0 Å². The molecule has 4 aliphatic rings. The lowest BCUT2D eigenvalue weighted by Crippen LogP contribution is -2.62. The molecule has 0 heterocycles. The fourth-order valence-electron chi connectivity index (χ4n) is 8.23. The lowest BCUT2D eigenvalue weighted by atomic mass is 9.45. The van der Waals surface area contributed by atoms with E-state index in [4.69, 9.17) is 0 Å². The highest BCUT2D eigenvalue weighted by Crippen LogP contribution is 2.68. The van der Waals surface area contributed by atoms with Crippen LogP contribution in [0.15, 0.2) is 23.8 Å². The molecular formula is C28H44O7. The van der Waals surface area contributed by atoms with Crippen molar-refractivity contribution in [1.82, 2.24) is 0 Å². The van der Waals surface area contributed by atoms with Crippen LogP contribution in [0.25, 0.3) is 0 Å². The van der Waals surface area contributed by atoms with Crippen molar-refractivity contribution in [2.45, 2.75) is 115 Å². The summed E-state index contributed by atoms with van der Waals surface area (Å²) >= 11 is 0. The van der Waals surface area contributed by atoms with E-state index in [0.29, 0.717) is 43.3 Å². The van der Waals surface area contributed by atoms with E-state index in [0.717, 1.165) is 0 Å². The average Bonchev–Trinajstić information content (AvgIpc) is 3.01. The maximum atomic E-state index is 13.3. The smallest absolute Gasteiger partial charge is 0.159 e. The molecule has 35 heavy (non-hydrogen) atoms. The molecule has 7 nitrogen and oxygen atoms in total. The summed E-state index contributed by atoms with van der Waals surface area (Å²) in [6, 6.07) is 0. The highest BCUT2D eigenvalue weighted by atomic mass is 16.3. The Morgan fingerprint density at radius 2 is 1.74 bits per heavy atom. The fraction of sp³-hybridized carbons (Fsp3) is 0.821. The number of carbonyl (C=O) groups is 1. The Hall–Kier alpha value is -1.09. The summed E-state index contributed by atoms with van der Waals surface area (Å²) in [7, 11) is 0. The van der Waals surface area contributed by atoms with Crippen molar-refractivity contribution >= 4 is 5.78 Å². The van der Waals surface area contributed by atoms with Crippen molar-refractivity contribution in [3.63, 3.8) is 0 Å². The zero-order valence-electron chi connectivity index (χ0n) is 21.8. The Labute approximate surface area is 208 Å². The number of carbonyl (C=O) groups excluding carboxylic acids is 1. The van der Waals surface area contributed by atoms with E-state index in [1.807, 2.05) is 13.8 Å². The van der Waals surface area contributed by atoms with Crippen LogP contribution >= 0.6 is 0 Å². The molecule has 10 unspecified atom stereocenters. The van der Waals surface area contributed by atoms with Crippen LogP contribution in [0, 0.1) is 28.6 Å². The van der Waals surface area contributed by atoms with E-state index in [2.05, 4.69) is 6.58 Å².